The van der Waals surface area contributed by atoms with Gasteiger partial charge in [0, 0.05) is 18.8 Å². The van der Waals surface area contributed by atoms with Gasteiger partial charge in [-0.3, -0.25) is 9.48 Å². The normalized spacial score (nSPS) is 16.6. The average Bonchev–Trinajstić information content (AvgIpc) is 3.10. The summed E-state index contributed by atoms with van der Waals surface area (Å²) in [6, 6.07) is 7.92. The maximum absolute atomic E-state index is 12.8. The number of carbonyl (C=O) groups excluding carboxylic acids is 1. The van der Waals surface area contributed by atoms with Gasteiger partial charge < -0.3 is 10.1 Å². The predicted octanol–water partition coefficient (Wildman–Crippen LogP) is 2.30. The Morgan fingerprint density at radius 1 is 1.50 bits per heavy atom. The van der Waals surface area contributed by atoms with Crippen LogP contribution in [-0.4, -0.2) is 29.2 Å². The molecule has 1 atom stereocenters. The van der Waals surface area contributed by atoms with Gasteiger partial charge in [-0.1, -0.05) is 18.2 Å². The molecule has 0 saturated heterocycles. The van der Waals surface area contributed by atoms with Crippen molar-refractivity contribution < 1.29 is 9.53 Å². The van der Waals surface area contributed by atoms with Gasteiger partial charge in [0.15, 0.2) is 11.5 Å². The summed E-state index contributed by atoms with van der Waals surface area (Å²) in [6.07, 6.45) is 1.60. The third kappa shape index (κ3) is 1.86. The lowest BCUT2D eigenvalue weighted by Crippen LogP contribution is -2.19. The van der Waals surface area contributed by atoms with Crippen LogP contribution in [0.1, 0.15) is 28.9 Å². The second kappa shape index (κ2) is 5.00. The molecule has 20 heavy (non-hydrogen) atoms. The fraction of sp³-hybridized carbons (Fsp3) is 0.333. The van der Waals surface area contributed by atoms with E-state index in [1.165, 1.54) is 0 Å². The first-order chi connectivity index (χ1) is 9.76. The number of para-hydroxylation sites is 1. The fourth-order valence-corrected chi connectivity index (χ4v) is 2.69. The maximum Gasteiger partial charge on any atom is 0.193 e. The van der Waals surface area contributed by atoms with Gasteiger partial charge in [0.25, 0.3) is 0 Å². The molecule has 1 aliphatic rings. The van der Waals surface area contributed by atoms with Gasteiger partial charge >= 0.3 is 0 Å². The molecule has 0 spiro atoms. The van der Waals surface area contributed by atoms with Gasteiger partial charge in [0.05, 0.1) is 19.2 Å². The van der Waals surface area contributed by atoms with E-state index in [-0.39, 0.29) is 11.7 Å². The summed E-state index contributed by atoms with van der Waals surface area (Å²) in [6.45, 7) is 3.23. The van der Waals surface area contributed by atoms with Crippen LogP contribution in [0.15, 0.2) is 30.5 Å². The summed E-state index contributed by atoms with van der Waals surface area (Å²) in [5.41, 5.74) is 2.63. The Balaban J connectivity index is 2.00. The number of rotatable bonds is 4. The van der Waals surface area contributed by atoms with Crippen molar-refractivity contribution in [2.75, 3.05) is 19.0 Å². The van der Waals surface area contributed by atoms with Crippen molar-refractivity contribution in [3.8, 4) is 5.75 Å². The van der Waals surface area contributed by atoms with E-state index in [1.807, 2.05) is 31.2 Å². The summed E-state index contributed by atoms with van der Waals surface area (Å²) < 4.78 is 6.97. The third-order valence-electron chi connectivity index (χ3n) is 3.71. The van der Waals surface area contributed by atoms with Gasteiger partial charge in [-0.05, 0) is 18.6 Å². The van der Waals surface area contributed by atoms with Crippen LogP contribution in [-0.2, 0) is 6.54 Å². The first kappa shape index (κ1) is 12.7. The van der Waals surface area contributed by atoms with Crippen LogP contribution in [0.2, 0.25) is 0 Å². The molecule has 2 heterocycles. The van der Waals surface area contributed by atoms with E-state index in [1.54, 1.807) is 18.0 Å². The van der Waals surface area contributed by atoms with Crippen molar-refractivity contribution in [3.63, 3.8) is 0 Å². The number of benzene rings is 1. The van der Waals surface area contributed by atoms with E-state index in [0.717, 1.165) is 11.3 Å². The number of ketones is 1. The van der Waals surface area contributed by atoms with Crippen LogP contribution in [0.25, 0.3) is 0 Å². The number of anilines is 1. The molecule has 0 amide bonds. The number of aryl methyl sites for hydroxylation is 1. The Hall–Kier alpha value is -2.30. The van der Waals surface area contributed by atoms with Crippen molar-refractivity contribution in [3.05, 3.63) is 41.7 Å². The Morgan fingerprint density at radius 3 is 3.05 bits per heavy atom. The van der Waals surface area contributed by atoms with E-state index in [2.05, 4.69) is 10.4 Å². The molecule has 104 valence electrons. The highest BCUT2D eigenvalue weighted by molar-refractivity contribution is 6.03. The molecule has 1 aliphatic heterocycles. The second-order valence-corrected chi connectivity index (χ2v) is 4.76. The van der Waals surface area contributed by atoms with E-state index >= 15 is 0 Å². The summed E-state index contributed by atoms with van der Waals surface area (Å²) >= 11 is 0. The van der Waals surface area contributed by atoms with Crippen molar-refractivity contribution in [1.29, 1.82) is 0 Å². The Bertz CT molecular complexity index is 627. The minimum absolute atomic E-state index is 0.0543. The quantitative estimate of drug-likeness (QED) is 0.867. The lowest BCUT2D eigenvalue weighted by atomic mass is 9.94. The predicted molar refractivity (Wildman–Crippen MR) is 76.5 cm³/mol. The molecule has 0 aliphatic carbocycles. The van der Waals surface area contributed by atoms with Gasteiger partial charge in [-0.15, -0.1) is 0 Å². The standard InChI is InChI=1S/C15H17N3O2/c1-3-18-14(13(20-2)9-17-18)15(19)11-8-16-12-7-5-4-6-10(11)12/h4-7,9,11,16H,3,8H2,1-2H3. The summed E-state index contributed by atoms with van der Waals surface area (Å²) in [4.78, 5) is 12.8. The number of hydrogen-bond acceptors (Lipinski definition) is 4. The number of Topliss-reactive ketones (excluding diaryl/α,β-unsaturated/α-hetero) is 1. The van der Waals surface area contributed by atoms with E-state index in [9.17, 15) is 4.79 Å². The molecule has 2 aromatic rings. The first-order valence-corrected chi connectivity index (χ1v) is 6.73. The fourth-order valence-electron chi connectivity index (χ4n) is 2.69. The Morgan fingerprint density at radius 2 is 2.30 bits per heavy atom. The van der Waals surface area contributed by atoms with E-state index < -0.39 is 0 Å². The highest BCUT2D eigenvalue weighted by Crippen LogP contribution is 2.35. The lowest BCUT2D eigenvalue weighted by Gasteiger charge is -2.11. The number of nitrogens with zero attached hydrogens (tertiary/aromatic N) is 2. The topological polar surface area (TPSA) is 56.2 Å². The maximum atomic E-state index is 12.8. The van der Waals surface area contributed by atoms with E-state index in [4.69, 9.17) is 4.74 Å². The Labute approximate surface area is 117 Å². The molecule has 0 radical (unpaired) electrons. The molecule has 1 N–H and O–H groups in total. The highest BCUT2D eigenvalue weighted by Gasteiger charge is 2.32. The number of carbonyl (C=O) groups is 1. The highest BCUT2D eigenvalue weighted by atomic mass is 16.5. The molecule has 0 fully saturated rings. The van der Waals surface area contributed by atoms with Gasteiger partial charge in [-0.25, -0.2) is 0 Å². The minimum atomic E-state index is -0.179. The number of fused-ring (bicyclic) bond motifs is 1. The monoisotopic (exact) mass is 271 g/mol. The average molecular weight is 271 g/mol. The minimum Gasteiger partial charge on any atom is -0.493 e. The lowest BCUT2D eigenvalue weighted by molar-refractivity contribution is 0.0953. The van der Waals surface area contributed by atoms with Crippen LogP contribution in [0.3, 0.4) is 0 Å². The van der Waals surface area contributed by atoms with Gasteiger partial charge in [-0.2, -0.15) is 5.10 Å². The molecule has 1 aromatic heterocycles. The van der Waals surface area contributed by atoms with Crippen LogP contribution in [0.5, 0.6) is 5.75 Å². The van der Waals surface area contributed by atoms with Crippen molar-refractivity contribution in [2.45, 2.75) is 19.4 Å². The van der Waals surface area contributed by atoms with Crippen molar-refractivity contribution in [2.24, 2.45) is 0 Å². The van der Waals surface area contributed by atoms with Gasteiger partial charge in [0.2, 0.25) is 0 Å². The summed E-state index contributed by atoms with van der Waals surface area (Å²) in [7, 11) is 1.56. The number of aromatic nitrogens is 2. The summed E-state index contributed by atoms with van der Waals surface area (Å²) in [5.74, 6) is 0.419. The Kier molecular flexibility index (Phi) is 3.18. The zero-order valence-corrected chi connectivity index (χ0v) is 11.6. The molecular formula is C15H17N3O2. The molecule has 1 aromatic carbocycles. The number of ether oxygens (including phenoxy) is 1. The number of hydrogen-bond donors (Lipinski definition) is 1. The molecular weight excluding hydrogens is 254 g/mol. The van der Waals surface area contributed by atoms with Crippen LogP contribution in [0.4, 0.5) is 5.69 Å². The molecule has 0 saturated carbocycles. The SMILES string of the molecule is CCn1ncc(OC)c1C(=O)C1CNc2ccccc21. The molecule has 1 unspecified atom stereocenters. The molecule has 0 bridgehead atoms. The summed E-state index contributed by atoms with van der Waals surface area (Å²) in [5, 5.41) is 7.48. The third-order valence-corrected chi connectivity index (χ3v) is 3.71. The smallest absolute Gasteiger partial charge is 0.193 e. The molecule has 5 heteroatoms. The number of methoxy groups -OCH3 is 1. The number of nitrogens with one attached hydrogen (secondary N) is 1. The largest absolute Gasteiger partial charge is 0.493 e. The van der Waals surface area contributed by atoms with Gasteiger partial charge in [0.1, 0.15) is 5.69 Å². The second-order valence-electron chi connectivity index (χ2n) is 4.76. The van der Waals surface area contributed by atoms with Crippen molar-refractivity contribution >= 4 is 11.5 Å². The zero-order chi connectivity index (χ0) is 14.1. The van der Waals surface area contributed by atoms with E-state index in [0.29, 0.717) is 24.5 Å². The molecule has 5 nitrogen and oxygen atoms in total. The van der Waals surface area contributed by atoms with Crippen LogP contribution < -0.4 is 10.1 Å². The van der Waals surface area contributed by atoms with Crippen molar-refractivity contribution in [1.82, 2.24) is 9.78 Å². The van der Waals surface area contributed by atoms with Crippen LogP contribution in [0, 0.1) is 0 Å². The zero-order valence-electron chi connectivity index (χ0n) is 11.6. The molecule has 3 rings (SSSR count). The first-order valence-electron chi connectivity index (χ1n) is 6.73. The van der Waals surface area contributed by atoms with Crippen LogP contribution >= 0.6 is 0 Å².